The molecular formula is C9H20O. The first-order valence-corrected chi connectivity index (χ1v) is 4.10. The van der Waals surface area contributed by atoms with Crippen molar-refractivity contribution in [2.75, 3.05) is 7.11 Å². The lowest BCUT2D eigenvalue weighted by Crippen LogP contribution is -2.14. The van der Waals surface area contributed by atoms with Crippen LogP contribution >= 0.6 is 0 Å². The van der Waals surface area contributed by atoms with Crippen molar-refractivity contribution in [3.05, 3.63) is 0 Å². The van der Waals surface area contributed by atoms with E-state index < -0.39 is 0 Å². The summed E-state index contributed by atoms with van der Waals surface area (Å²) in [5, 5.41) is 0. The van der Waals surface area contributed by atoms with Crippen molar-refractivity contribution in [2.24, 2.45) is 11.8 Å². The van der Waals surface area contributed by atoms with E-state index in [0.29, 0.717) is 6.10 Å². The molecule has 0 aromatic heterocycles. The molecule has 0 aliphatic heterocycles. The molecule has 1 heteroatoms. The molecule has 0 spiro atoms. The summed E-state index contributed by atoms with van der Waals surface area (Å²) in [5.41, 5.74) is 0. The van der Waals surface area contributed by atoms with Crippen molar-refractivity contribution in [2.45, 2.75) is 40.2 Å². The smallest absolute Gasteiger partial charge is 0.0545 e. The van der Waals surface area contributed by atoms with Crippen LogP contribution in [0.3, 0.4) is 0 Å². The van der Waals surface area contributed by atoms with E-state index in [4.69, 9.17) is 4.74 Å². The van der Waals surface area contributed by atoms with E-state index >= 15 is 0 Å². The first-order chi connectivity index (χ1) is 4.57. The predicted molar refractivity (Wildman–Crippen MR) is 45.1 cm³/mol. The van der Waals surface area contributed by atoms with Gasteiger partial charge in [-0.3, -0.25) is 0 Å². The summed E-state index contributed by atoms with van der Waals surface area (Å²) < 4.78 is 5.17. The van der Waals surface area contributed by atoms with Crippen molar-refractivity contribution in [1.29, 1.82) is 0 Å². The van der Waals surface area contributed by atoms with Gasteiger partial charge in [-0.15, -0.1) is 0 Å². The maximum absolute atomic E-state index is 5.17. The molecule has 0 N–H and O–H groups in total. The summed E-state index contributed by atoms with van der Waals surface area (Å²) in [6, 6.07) is 0. The van der Waals surface area contributed by atoms with Gasteiger partial charge in [0.2, 0.25) is 0 Å². The van der Waals surface area contributed by atoms with Crippen LogP contribution in [0.25, 0.3) is 0 Å². The minimum atomic E-state index is 0.414. The van der Waals surface area contributed by atoms with Crippen LogP contribution in [0.1, 0.15) is 34.1 Å². The Kier molecular flexibility index (Phi) is 4.71. The lowest BCUT2D eigenvalue weighted by Gasteiger charge is -2.18. The van der Waals surface area contributed by atoms with Gasteiger partial charge in [0, 0.05) is 7.11 Å². The quantitative estimate of drug-likeness (QED) is 0.589. The summed E-state index contributed by atoms with van der Waals surface area (Å²) in [5.74, 6) is 1.55. The highest BCUT2D eigenvalue weighted by Gasteiger charge is 2.10. The molecule has 0 fully saturated rings. The molecule has 2 atom stereocenters. The van der Waals surface area contributed by atoms with Crippen LogP contribution < -0.4 is 0 Å². The Bertz CT molecular complexity index is 78.8. The Morgan fingerprint density at radius 1 is 1.10 bits per heavy atom. The molecule has 0 aromatic rings. The lowest BCUT2D eigenvalue weighted by atomic mass is 9.93. The Hall–Kier alpha value is -0.0400. The van der Waals surface area contributed by atoms with Crippen LogP contribution in [-0.4, -0.2) is 13.2 Å². The number of rotatable bonds is 4. The number of ether oxygens (including phenoxy) is 1. The Labute approximate surface area is 64.8 Å². The molecule has 0 aliphatic rings. The summed E-state index contributed by atoms with van der Waals surface area (Å²) in [6.07, 6.45) is 1.59. The van der Waals surface area contributed by atoms with Gasteiger partial charge in [-0.1, -0.05) is 20.8 Å². The highest BCUT2D eigenvalue weighted by atomic mass is 16.5. The minimum Gasteiger partial charge on any atom is -0.382 e. The topological polar surface area (TPSA) is 9.23 Å². The summed E-state index contributed by atoms with van der Waals surface area (Å²) in [4.78, 5) is 0. The van der Waals surface area contributed by atoms with Gasteiger partial charge in [0.15, 0.2) is 0 Å². The fourth-order valence-corrected chi connectivity index (χ4v) is 0.892. The zero-order chi connectivity index (χ0) is 8.15. The van der Waals surface area contributed by atoms with E-state index in [1.54, 1.807) is 7.11 Å². The predicted octanol–water partition coefficient (Wildman–Crippen LogP) is 2.70. The van der Waals surface area contributed by atoms with Gasteiger partial charge in [0.05, 0.1) is 6.10 Å². The zero-order valence-electron chi connectivity index (χ0n) is 7.85. The average Bonchev–Trinajstić information content (AvgIpc) is 1.87. The largest absolute Gasteiger partial charge is 0.382 e. The van der Waals surface area contributed by atoms with E-state index in [0.717, 1.165) is 11.8 Å². The van der Waals surface area contributed by atoms with Crippen molar-refractivity contribution < 1.29 is 4.74 Å². The Balaban J connectivity index is 3.46. The minimum absolute atomic E-state index is 0.414. The number of methoxy groups -OCH3 is 1. The number of hydrogen-bond acceptors (Lipinski definition) is 1. The maximum Gasteiger partial charge on any atom is 0.0545 e. The molecule has 62 valence electrons. The molecule has 0 radical (unpaired) electrons. The molecule has 0 saturated carbocycles. The van der Waals surface area contributed by atoms with Crippen molar-refractivity contribution >= 4 is 0 Å². The molecule has 0 aliphatic carbocycles. The highest BCUT2D eigenvalue weighted by Crippen LogP contribution is 2.16. The van der Waals surface area contributed by atoms with Gasteiger partial charge in [0.1, 0.15) is 0 Å². The molecule has 0 saturated heterocycles. The second-order valence-electron chi connectivity index (χ2n) is 3.50. The van der Waals surface area contributed by atoms with E-state index in [1.807, 2.05) is 0 Å². The highest BCUT2D eigenvalue weighted by molar-refractivity contribution is 4.61. The molecule has 2 unspecified atom stereocenters. The van der Waals surface area contributed by atoms with Gasteiger partial charge >= 0.3 is 0 Å². The van der Waals surface area contributed by atoms with Crippen LogP contribution in [-0.2, 0) is 4.74 Å². The molecule has 10 heavy (non-hydrogen) atoms. The first-order valence-electron chi connectivity index (χ1n) is 4.10. The van der Waals surface area contributed by atoms with Crippen LogP contribution in [0.5, 0.6) is 0 Å². The third-order valence-electron chi connectivity index (χ3n) is 2.24. The van der Waals surface area contributed by atoms with Crippen LogP contribution in [0.4, 0.5) is 0 Å². The van der Waals surface area contributed by atoms with E-state index in [9.17, 15) is 0 Å². The van der Waals surface area contributed by atoms with E-state index in [1.165, 1.54) is 6.42 Å². The number of hydrogen-bond donors (Lipinski definition) is 0. The van der Waals surface area contributed by atoms with Gasteiger partial charge in [-0.05, 0) is 25.2 Å². The normalized spacial score (nSPS) is 17.4. The van der Waals surface area contributed by atoms with Gasteiger partial charge in [0.25, 0.3) is 0 Å². The third-order valence-corrected chi connectivity index (χ3v) is 2.24. The van der Waals surface area contributed by atoms with Crippen LogP contribution in [0, 0.1) is 11.8 Å². The van der Waals surface area contributed by atoms with Gasteiger partial charge < -0.3 is 4.74 Å². The monoisotopic (exact) mass is 144 g/mol. The van der Waals surface area contributed by atoms with Crippen LogP contribution in [0.2, 0.25) is 0 Å². The second kappa shape index (κ2) is 4.73. The molecule has 0 amide bonds. The molecule has 1 nitrogen and oxygen atoms in total. The van der Waals surface area contributed by atoms with Gasteiger partial charge in [-0.2, -0.15) is 0 Å². The zero-order valence-corrected chi connectivity index (χ0v) is 7.85. The molecule has 0 aromatic carbocycles. The second-order valence-corrected chi connectivity index (χ2v) is 3.50. The Morgan fingerprint density at radius 3 is 1.90 bits per heavy atom. The molecule has 0 rings (SSSR count). The molecule has 0 bridgehead atoms. The first kappa shape index (κ1) is 9.96. The fourth-order valence-electron chi connectivity index (χ4n) is 0.892. The maximum atomic E-state index is 5.17. The SMILES string of the molecule is COC(C)CC(C)C(C)C. The Morgan fingerprint density at radius 2 is 1.60 bits per heavy atom. The van der Waals surface area contributed by atoms with Crippen LogP contribution in [0.15, 0.2) is 0 Å². The summed E-state index contributed by atoms with van der Waals surface area (Å²) in [6.45, 7) is 8.92. The standard InChI is InChI=1S/C9H20O/c1-7(2)8(3)6-9(4)10-5/h7-9H,6H2,1-5H3. The fraction of sp³-hybridized carbons (Fsp3) is 1.00. The third kappa shape index (κ3) is 3.89. The van der Waals surface area contributed by atoms with E-state index in [2.05, 4.69) is 27.7 Å². The average molecular weight is 144 g/mol. The van der Waals surface area contributed by atoms with Crippen molar-refractivity contribution in [3.8, 4) is 0 Å². The van der Waals surface area contributed by atoms with E-state index in [-0.39, 0.29) is 0 Å². The summed E-state index contributed by atoms with van der Waals surface area (Å²) >= 11 is 0. The molecular weight excluding hydrogens is 124 g/mol. The van der Waals surface area contributed by atoms with Crippen molar-refractivity contribution in [3.63, 3.8) is 0 Å². The molecule has 0 heterocycles. The summed E-state index contributed by atoms with van der Waals surface area (Å²) in [7, 11) is 1.78. The van der Waals surface area contributed by atoms with Gasteiger partial charge in [-0.25, -0.2) is 0 Å². The lowest BCUT2D eigenvalue weighted by molar-refractivity contribution is 0.0902. The van der Waals surface area contributed by atoms with Crippen molar-refractivity contribution in [1.82, 2.24) is 0 Å².